The molecule has 0 aliphatic carbocycles. The summed E-state index contributed by atoms with van der Waals surface area (Å²) in [6.07, 6.45) is 1.18. The maximum Gasteiger partial charge on any atom is 0.117 e. The van der Waals surface area contributed by atoms with E-state index in [4.69, 9.17) is 4.98 Å². The van der Waals surface area contributed by atoms with Crippen LogP contribution in [0.5, 0.6) is 0 Å². The van der Waals surface area contributed by atoms with Gasteiger partial charge >= 0.3 is 0 Å². The third kappa shape index (κ3) is 1.87. The number of imidazole rings is 1. The number of nitrogens with zero attached hydrogens (tertiary/aromatic N) is 2. The molecule has 0 bridgehead atoms. The molecule has 0 amide bonds. The molecule has 1 unspecified atom stereocenters. The Morgan fingerprint density at radius 3 is 2.55 bits per heavy atom. The van der Waals surface area contributed by atoms with E-state index in [0.717, 1.165) is 18.6 Å². The van der Waals surface area contributed by atoms with Gasteiger partial charge < -0.3 is 9.88 Å². The molecule has 3 rings (SSSR count). The fourth-order valence-electron chi connectivity index (χ4n) is 3.57. The first-order valence-corrected chi connectivity index (χ1v) is 7.74. The van der Waals surface area contributed by atoms with Gasteiger partial charge in [0, 0.05) is 18.0 Å². The van der Waals surface area contributed by atoms with Gasteiger partial charge in [-0.05, 0) is 44.9 Å². The molecule has 1 aliphatic rings. The lowest BCUT2D eigenvalue weighted by atomic mass is 9.75. The zero-order chi connectivity index (χ0) is 14.3. The molecular weight excluding hydrogens is 246 g/mol. The largest absolute Gasteiger partial charge is 0.325 e. The van der Waals surface area contributed by atoms with Gasteiger partial charge in [-0.15, -0.1) is 0 Å². The highest BCUT2D eigenvalue weighted by molar-refractivity contribution is 5.76. The summed E-state index contributed by atoms with van der Waals surface area (Å²) in [5.41, 5.74) is 2.57. The normalized spacial score (nSPS) is 23.3. The van der Waals surface area contributed by atoms with E-state index in [2.05, 4.69) is 61.8 Å². The maximum absolute atomic E-state index is 5.03. The number of benzene rings is 1. The summed E-state index contributed by atoms with van der Waals surface area (Å²) in [4.78, 5) is 5.03. The second-order valence-electron chi connectivity index (χ2n) is 6.63. The lowest BCUT2D eigenvalue weighted by Gasteiger charge is -2.33. The Hall–Kier alpha value is -1.35. The van der Waals surface area contributed by atoms with Crippen molar-refractivity contribution >= 4 is 11.0 Å². The lowest BCUT2D eigenvalue weighted by Crippen LogP contribution is -2.38. The summed E-state index contributed by atoms with van der Waals surface area (Å²) in [5.74, 6) is 1.86. The topological polar surface area (TPSA) is 29.9 Å². The van der Waals surface area contributed by atoms with Gasteiger partial charge in [0.15, 0.2) is 0 Å². The summed E-state index contributed by atoms with van der Waals surface area (Å²) in [5, 5.41) is 3.55. The Labute approximate surface area is 121 Å². The lowest BCUT2D eigenvalue weighted by molar-refractivity contribution is 0.302. The molecule has 1 atom stereocenters. The van der Waals surface area contributed by atoms with Gasteiger partial charge in [0.2, 0.25) is 0 Å². The Morgan fingerprint density at radius 2 is 1.95 bits per heavy atom. The molecular formula is C17H25N3. The minimum Gasteiger partial charge on any atom is -0.325 e. The predicted octanol–water partition coefficient (Wildman–Crippen LogP) is 3.50. The van der Waals surface area contributed by atoms with E-state index in [1.54, 1.807) is 0 Å². The molecule has 1 aliphatic heterocycles. The quantitative estimate of drug-likeness (QED) is 0.926. The minimum atomic E-state index is 0.170. The summed E-state index contributed by atoms with van der Waals surface area (Å²) in [6, 6.07) is 8.96. The number of aromatic nitrogens is 2. The highest BCUT2D eigenvalue weighted by Crippen LogP contribution is 2.39. The van der Waals surface area contributed by atoms with Gasteiger partial charge in [-0.3, -0.25) is 0 Å². The summed E-state index contributed by atoms with van der Waals surface area (Å²) in [7, 11) is 0. The van der Waals surface area contributed by atoms with Crippen molar-refractivity contribution in [3.8, 4) is 0 Å². The molecule has 2 aromatic rings. The Morgan fingerprint density at radius 1 is 1.20 bits per heavy atom. The zero-order valence-corrected chi connectivity index (χ0v) is 13.0. The van der Waals surface area contributed by atoms with Crippen molar-refractivity contribution in [1.29, 1.82) is 0 Å². The first kappa shape index (κ1) is 13.6. The first-order valence-electron chi connectivity index (χ1n) is 7.74. The molecule has 0 saturated carbocycles. The van der Waals surface area contributed by atoms with E-state index in [9.17, 15) is 0 Å². The highest BCUT2D eigenvalue weighted by Gasteiger charge is 2.43. The van der Waals surface area contributed by atoms with Crippen LogP contribution in [0.4, 0.5) is 0 Å². The molecule has 1 aromatic heterocycles. The molecule has 1 fully saturated rings. The molecule has 1 N–H and O–H groups in total. The summed E-state index contributed by atoms with van der Waals surface area (Å²) >= 11 is 0. The van der Waals surface area contributed by atoms with Crippen LogP contribution in [0.15, 0.2) is 24.3 Å². The van der Waals surface area contributed by atoms with E-state index < -0.39 is 0 Å². The van der Waals surface area contributed by atoms with E-state index in [0.29, 0.717) is 12.0 Å². The molecule has 20 heavy (non-hydrogen) atoms. The van der Waals surface area contributed by atoms with Crippen molar-refractivity contribution in [3.05, 3.63) is 30.1 Å². The van der Waals surface area contributed by atoms with Gasteiger partial charge in [0.05, 0.1) is 11.0 Å². The van der Waals surface area contributed by atoms with Crippen LogP contribution >= 0.6 is 0 Å². The molecule has 3 heteroatoms. The molecule has 0 radical (unpaired) electrons. The van der Waals surface area contributed by atoms with Crippen LogP contribution in [0.3, 0.4) is 0 Å². The number of hydrogen-bond donors (Lipinski definition) is 1. The van der Waals surface area contributed by atoms with Gasteiger partial charge in [0.1, 0.15) is 5.82 Å². The van der Waals surface area contributed by atoms with Crippen molar-refractivity contribution in [2.45, 2.75) is 45.6 Å². The molecule has 0 spiro atoms. The molecule has 108 valence electrons. The number of hydrogen-bond acceptors (Lipinski definition) is 2. The Bertz CT molecular complexity index is 604. The Balaban J connectivity index is 2.27. The van der Waals surface area contributed by atoms with E-state index >= 15 is 0 Å². The third-order valence-corrected chi connectivity index (χ3v) is 4.85. The van der Waals surface area contributed by atoms with Crippen molar-refractivity contribution in [2.75, 3.05) is 13.1 Å². The number of nitrogens with one attached hydrogen (secondary N) is 1. The minimum absolute atomic E-state index is 0.170. The fraction of sp³-hybridized carbons (Fsp3) is 0.588. The predicted molar refractivity (Wildman–Crippen MR) is 84.1 cm³/mol. The highest BCUT2D eigenvalue weighted by atomic mass is 15.1. The molecule has 2 heterocycles. The van der Waals surface area contributed by atoms with Crippen LogP contribution in [0.25, 0.3) is 11.0 Å². The van der Waals surface area contributed by atoms with Crippen molar-refractivity contribution < 1.29 is 0 Å². The van der Waals surface area contributed by atoms with E-state index in [1.165, 1.54) is 17.8 Å². The fourth-order valence-corrected chi connectivity index (χ4v) is 3.57. The number of fused-ring (bicyclic) bond motifs is 1. The van der Waals surface area contributed by atoms with Crippen LogP contribution in [-0.2, 0) is 5.41 Å². The van der Waals surface area contributed by atoms with Crippen LogP contribution in [0, 0.1) is 5.92 Å². The van der Waals surface area contributed by atoms with E-state index in [1.807, 2.05) is 0 Å². The van der Waals surface area contributed by atoms with Crippen LogP contribution in [-0.4, -0.2) is 22.6 Å². The molecule has 1 saturated heterocycles. The molecule has 1 aromatic carbocycles. The van der Waals surface area contributed by atoms with Crippen molar-refractivity contribution in [3.63, 3.8) is 0 Å². The van der Waals surface area contributed by atoms with Gasteiger partial charge in [0.25, 0.3) is 0 Å². The summed E-state index contributed by atoms with van der Waals surface area (Å²) < 4.78 is 2.45. The van der Waals surface area contributed by atoms with Crippen molar-refractivity contribution in [1.82, 2.24) is 14.9 Å². The van der Waals surface area contributed by atoms with Gasteiger partial charge in [-0.1, -0.05) is 26.0 Å². The standard InChI is InChI=1S/C17H25N3/c1-12(2)17(9-10-18-11-17)16-19-14-7-5-6-8-15(14)20(16)13(3)4/h5-8,12-13,18H,9-11H2,1-4H3. The average Bonchev–Trinajstić information content (AvgIpc) is 3.03. The molecule has 3 nitrogen and oxygen atoms in total. The number of para-hydroxylation sites is 2. The number of rotatable bonds is 3. The second kappa shape index (κ2) is 4.88. The van der Waals surface area contributed by atoms with Gasteiger partial charge in [-0.2, -0.15) is 0 Å². The maximum atomic E-state index is 5.03. The van der Waals surface area contributed by atoms with Crippen LogP contribution in [0.2, 0.25) is 0 Å². The third-order valence-electron chi connectivity index (χ3n) is 4.85. The average molecular weight is 271 g/mol. The summed E-state index contributed by atoms with van der Waals surface area (Å²) in [6.45, 7) is 11.3. The first-order chi connectivity index (χ1) is 9.56. The van der Waals surface area contributed by atoms with Crippen molar-refractivity contribution in [2.24, 2.45) is 5.92 Å². The SMILES string of the molecule is CC(C)n1c(C2(C(C)C)CCNC2)nc2ccccc21. The second-order valence-corrected chi connectivity index (χ2v) is 6.63. The Kier molecular flexibility index (Phi) is 3.33. The van der Waals surface area contributed by atoms with Crippen LogP contribution in [0.1, 0.15) is 46.0 Å². The van der Waals surface area contributed by atoms with Gasteiger partial charge in [-0.25, -0.2) is 4.98 Å². The smallest absolute Gasteiger partial charge is 0.117 e. The van der Waals surface area contributed by atoms with E-state index in [-0.39, 0.29) is 5.41 Å². The van der Waals surface area contributed by atoms with Crippen LogP contribution < -0.4 is 5.32 Å². The monoisotopic (exact) mass is 271 g/mol. The zero-order valence-electron chi connectivity index (χ0n) is 13.0.